The molecule has 0 aliphatic carbocycles. The summed E-state index contributed by atoms with van der Waals surface area (Å²) in [5.74, 6) is 1.05. The molecule has 1 aliphatic rings. The first-order valence-corrected chi connectivity index (χ1v) is 18.8. The van der Waals surface area contributed by atoms with Crippen LogP contribution < -0.4 is 9.80 Å². The van der Waals surface area contributed by atoms with E-state index in [-0.39, 0.29) is 36.1 Å². The summed E-state index contributed by atoms with van der Waals surface area (Å²) in [6.45, 7) is 16.9. The molecule has 0 saturated carbocycles. The molecular formula is C49H53ClN2. The molecule has 2 nitrogen and oxygen atoms in total. The first kappa shape index (κ1) is 37.0. The van der Waals surface area contributed by atoms with Gasteiger partial charge in [0.05, 0.1) is 6.67 Å². The molecule has 0 amide bonds. The molecule has 0 spiro atoms. The van der Waals surface area contributed by atoms with Gasteiger partial charge in [0.25, 0.3) is 0 Å². The third-order valence-corrected chi connectivity index (χ3v) is 11.3. The van der Waals surface area contributed by atoms with Crippen LogP contribution in [-0.2, 0) is 0 Å². The van der Waals surface area contributed by atoms with Crippen molar-refractivity contribution >= 4 is 23.8 Å². The summed E-state index contributed by atoms with van der Waals surface area (Å²) in [5.41, 5.74) is 16.5. The molecule has 1 heterocycles. The van der Waals surface area contributed by atoms with Gasteiger partial charge in [0.15, 0.2) is 0 Å². The summed E-state index contributed by atoms with van der Waals surface area (Å²) >= 11 is 0. The van der Waals surface area contributed by atoms with Gasteiger partial charge in [-0.2, -0.15) is 0 Å². The van der Waals surface area contributed by atoms with Crippen molar-refractivity contribution in [3.63, 3.8) is 0 Å². The van der Waals surface area contributed by atoms with E-state index in [0.717, 1.165) is 19.8 Å². The molecule has 3 heteroatoms. The third kappa shape index (κ3) is 7.55. The monoisotopic (exact) mass is 704 g/mol. The van der Waals surface area contributed by atoms with Gasteiger partial charge >= 0.3 is 0 Å². The van der Waals surface area contributed by atoms with Gasteiger partial charge in [0, 0.05) is 48.1 Å². The van der Waals surface area contributed by atoms with Gasteiger partial charge in [-0.05, 0) is 58.4 Å². The smallest absolute Gasteiger partial charge is 0.0904 e. The zero-order valence-electron chi connectivity index (χ0n) is 31.6. The van der Waals surface area contributed by atoms with Crippen LogP contribution in [0.25, 0.3) is 0 Å². The summed E-state index contributed by atoms with van der Waals surface area (Å²) in [6, 6.07) is 54.0. The first-order chi connectivity index (χ1) is 24.8. The maximum atomic E-state index is 2.69. The Morgan fingerprint density at radius 1 is 0.385 bits per heavy atom. The summed E-state index contributed by atoms with van der Waals surface area (Å²) in [7, 11) is 0. The lowest BCUT2D eigenvalue weighted by Gasteiger charge is -2.33. The Morgan fingerprint density at radius 2 is 0.615 bits per heavy atom. The Morgan fingerprint density at radius 3 is 0.846 bits per heavy atom. The molecule has 4 atom stereocenters. The number of hydrogen-bond acceptors (Lipinski definition) is 2. The van der Waals surface area contributed by atoms with Crippen LogP contribution in [-0.4, -0.2) is 19.8 Å². The SMILES string of the molecule is Cc1cc([C@H](C)c2ccccc2)c(N2CCN(c3c([C@H](C)c4ccccc4)cc(C)cc3[C@H](C)c3ccccc3)C2)c([C@H](C)c2ccccc2)c1.Cl. The number of nitrogens with zero attached hydrogens (tertiary/aromatic N) is 2. The molecule has 1 saturated heterocycles. The predicted molar refractivity (Wildman–Crippen MR) is 225 cm³/mol. The first-order valence-electron chi connectivity index (χ1n) is 18.8. The molecule has 1 aliphatic heterocycles. The lowest BCUT2D eigenvalue weighted by Crippen LogP contribution is -2.29. The minimum absolute atomic E-state index is 0. The van der Waals surface area contributed by atoms with Gasteiger partial charge in [-0.3, -0.25) is 0 Å². The quantitative estimate of drug-likeness (QED) is 0.140. The van der Waals surface area contributed by atoms with E-state index >= 15 is 0 Å². The van der Waals surface area contributed by atoms with Crippen LogP contribution in [0.15, 0.2) is 146 Å². The Balaban J connectivity index is 0.00000464. The Labute approximate surface area is 318 Å². The lowest BCUT2D eigenvalue weighted by atomic mass is 9.83. The van der Waals surface area contributed by atoms with Crippen molar-refractivity contribution in [1.82, 2.24) is 0 Å². The second kappa shape index (κ2) is 16.3. The summed E-state index contributed by atoms with van der Waals surface area (Å²) in [5, 5.41) is 0. The minimum Gasteiger partial charge on any atom is -0.352 e. The van der Waals surface area contributed by atoms with Crippen LogP contribution in [0, 0.1) is 13.8 Å². The number of benzene rings is 6. The van der Waals surface area contributed by atoms with E-state index in [9.17, 15) is 0 Å². The summed E-state index contributed by atoms with van der Waals surface area (Å²) < 4.78 is 0. The molecule has 52 heavy (non-hydrogen) atoms. The highest BCUT2D eigenvalue weighted by Crippen LogP contribution is 2.45. The van der Waals surface area contributed by atoms with Crippen LogP contribution >= 0.6 is 12.4 Å². The van der Waals surface area contributed by atoms with Crippen molar-refractivity contribution in [2.24, 2.45) is 0 Å². The van der Waals surface area contributed by atoms with Gasteiger partial charge < -0.3 is 9.80 Å². The predicted octanol–water partition coefficient (Wildman–Crippen LogP) is 12.6. The molecular weight excluding hydrogens is 652 g/mol. The maximum Gasteiger partial charge on any atom is 0.0904 e. The summed E-state index contributed by atoms with van der Waals surface area (Å²) in [6.07, 6.45) is 0. The fourth-order valence-corrected chi connectivity index (χ4v) is 8.36. The number of hydrogen-bond donors (Lipinski definition) is 0. The van der Waals surface area contributed by atoms with E-state index in [1.165, 1.54) is 67.0 Å². The molecule has 0 aromatic heterocycles. The van der Waals surface area contributed by atoms with Crippen LogP contribution in [0.4, 0.5) is 11.4 Å². The van der Waals surface area contributed by atoms with Gasteiger partial charge in [-0.1, -0.05) is 184 Å². The highest BCUT2D eigenvalue weighted by molar-refractivity contribution is 5.85. The lowest BCUT2D eigenvalue weighted by molar-refractivity contribution is 0.830. The second-order valence-electron chi connectivity index (χ2n) is 14.8. The molecule has 1 fully saturated rings. The molecule has 0 unspecified atom stereocenters. The van der Waals surface area contributed by atoms with Gasteiger partial charge in [0.1, 0.15) is 0 Å². The highest BCUT2D eigenvalue weighted by Gasteiger charge is 2.32. The number of anilines is 2. The van der Waals surface area contributed by atoms with Gasteiger partial charge in [-0.25, -0.2) is 0 Å². The van der Waals surface area contributed by atoms with Crippen molar-refractivity contribution in [2.45, 2.75) is 65.2 Å². The fourth-order valence-electron chi connectivity index (χ4n) is 8.36. The van der Waals surface area contributed by atoms with Gasteiger partial charge in [-0.15, -0.1) is 12.4 Å². The van der Waals surface area contributed by atoms with Crippen molar-refractivity contribution < 1.29 is 0 Å². The molecule has 266 valence electrons. The molecule has 7 rings (SSSR count). The van der Waals surface area contributed by atoms with Crippen LogP contribution in [0.2, 0.25) is 0 Å². The Hall–Kier alpha value is -4.79. The fraction of sp³-hybridized carbons (Fsp3) is 0.265. The van der Waals surface area contributed by atoms with Gasteiger partial charge in [0.2, 0.25) is 0 Å². The molecule has 0 bridgehead atoms. The van der Waals surface area contributed by atoms with E-state index in [1.54, 1.807) is 0 Å². The van der Waals surface area contributed by atoms with E-state index in [2.05, 4.69) is 197 Å². The summed E-state index contributed by atoms with van der Waals surface area (Å²) in [4.78, 5) is 5.38. The minimum atomic E-state index is 0. The highest BCUT2D eigenvalue weighted by atomic mass is 35.5. The topological polar surface area (TPSA) is 6.48 Å². The maximum absolute atomic E-state index is 2.69. The standard InChI is InChI=1S/C49H52N2.ClH/c1-34-29-44(36(3)40-19-11-7-12-20-40)48(45(30-34)37(4)41-21-13-8-14-22-41)50-27-28-51(33-50)49-46(38(5)42-23-15-9-16-24-42)31-35(2)32-47(49)39(6)43-25-17-10-18-26-43;/h7-26,29-32,36-39H,27-28,33H2,1-6H3;1H/t36-,37-,38-,39-;/m1./s1. The van der Waals surface area contributed by atoms with Crippen LogP contribution in [0.5, 0.6) is 0 Å². The number of halogens is 1. The second-order valence-corrected chi connectivity index (χ2v) is 14.8. The largest absolute Gasteiger partial charge is 0.352 e. The average molecular weight is 705 g/mol. The Bertz CT molecular complexity index is 1780. The molecule has 0 radical (unpaired) electrons. The molecule has 0 N–H and O–H groups in total. The van der Waals surface area contributed by atoms with E-state index in [4.69, 9.17) is 0 Å². The number of rotatable bonds is 10. The van der Waals surface area contributed by atoms with Crippen molar-refractivity contribution in [2.75, 3.05) is 29.6 Å². The molecule has 6 aromatic rings. The van der Waals surface area contributed by atoms with Crippen molar-refractivity contribution in [3.8, 4) is 0 Å². The van der Waals surface area contributed by atoms with Crippen molar-refractivity contribution in [1.29, 1.82) is 0 Å². The van der Waals surface area contributed by atoms with E-state index in [0.29, 0.717) is 0 Å². The Kier molecular flexibility index (Phi) is 11.6. The number of aryl methyl sites for hydroxylation is 2. The zero-order valence-corrected chi connectivity index (χ0v) is 32.4. The van der Waals surface area contributed by atoms with E-state index < -0.39 is 0 Å². The third-order valence-electron chi connectivity index (χ3n) is 11.3. The van der Waals surface area contributed by atoms with Crippen LogP contribution in [0.3, 0.4) is 0 Å². The zero-order chi connectivity index (χ0) is 35.5. The normalized spacial score (nSPS) is 15.1. The van der Waals surface area contributed by atoms with Crippen LogP contribution in [0.1, 0.15) is 107 Å². The van der Waals surface area contributed by atoms with E-state index in [1.807, 2.05) is 0 Å². The molecule has 6 aromatic carbocycles. The average Bonchev–Trinajstić information content (AvgIpc) is 3.66. The van der Waals surface area contributed by atoms with Crippen molar-refractivity contribution in [3.05, 3.63) is 201 Å².